The first kappa shape index (κ1) is 25.6. The zero-order valence-corrected chi connectivity index (χ0v) is 20.6. The number of amides is 3. The molecule has 7 nitrogen and oxygen atoms in total. The van der Waals surface area contributed by atoms with Crippen LogP contribution in [0.1, 0.15) is 53.8 Å². The number of likely N-dealkylation sites (tertiary alicyclic amines) is 1. The van der Waals surface area contributed by atoms with Crippen molar-refractivity contribution in [2.45, 2.75) is 45.2 Å². The van der Waals surface area contributed by atoms with Crippen LogP contribution in [0.25, 0.3) is 0 Å². The van der Waals surface area contributed by atoms with E-state index in [0.717, 1.165) is 6.42 Å². The third kappa shape index (κ3) is 6.50. The maximum atomic E-state index is 13.1. The first-order valence-corrected chi connectivity index (χ1v) is 12.0. The predicted octanol–water partition coefficient (Wildman–Crippen LogP) is 3.91. The number of hydrogen-bond donors (Lipinski definition) is 2. The summed E-state index contributed by atoms with van der Waals surface area (Å²) in [5, 5.41) is 6.52. The molecule has 0 radical (unpaired) electrons. The van der Waals surface area contributed by atoms with Crippen LogP contribution in [0.15, 0.2) is 48.5 Å². The fourth-order valence-corrected chi connectivity index (χ4v) is 4.16. The van der Waals surface area contributed by atoms with Crippen molar-refractivity contribution >= 4 is 29.3 Å². The highest BCUT2D eigenvalue weighted by molar-refractivity contribution is 6.30. The van der Waals surface area contributed by atoms with Gasteiger partial charge in [0.05, 0.1) is 7.11 Å². The Balaban J connectivity index is 1.70. The van der Waals surface area contributed by atoms with Crippen LogP contribution in [-0.2, 0) is 4.79 Å². The number of hydrogen-bond acceptors (Lipinski definition) is 4. The summed E-state index contributed by atoms with van der Waals surface area (Å²) in [4.78, 5) is 40.8. The van der Waals surface area contributed by atoms with Crippen molar-refractivity contribution in [1.29, 1.82) is 0 Å². The zero-order chi connectivity index (χ0) is 24.7. The van der Waals surface area contributed by atoms with Gasteiger partial charge < -0.3 is 20.3 Å². The van der Waals surface area contributed by atoms with E-state index in [1.807, 2.05) is 13.8 Å². The Morgan fingerprint density at radius 1 is 1.06 bits per heavy atom. The number of ether oxygens (including phenoxy) is 1. The van der Waals surface area contributed by atoms with E-state index in [-0.39, 0.29) is 29.7 Å². The molecule has 1 saturated heterocycles. The van der Waals surface area contributed by atoms with Gasteiger partial charge in [0, 0.05) is 35.3 Å². The van der Waals surface area contributed by atoms with Crippen LogP contribution >= 0.6 is 11.6 Å². The van der Waals surface area contributed by atoms with Crippen molar-refractivity contribution in [2.24, 2.45) is 5.92 Å². The van der Waals surface area contributed by atoms with Crippen LogP contribution < -0.4 is 15.4 Å². The molecular weight excluding hydrogens is 454 g/mol. The van der Waals surface area contributed by atoms with Gasteiger partial charge in [-0.2, -0.15) is 0 Å². The molecule has 182 valence electrons. The van der Waals surface area contributed by atoms with Crippen molar-refractivity contribution < 1.29 is 19.1 Å². The molecule has 1 heterocycles. The van der Waals surface area contributed by atoms with E-state index in [1.54, 1.807) is 60.5 Å². The Bertz CT molecular complexity index is 1000. The Hall–Kier alpha value is -3.06. The van der Waals surface area contributed by atoms with E-state index in [4.69, 9.17) is 16.3 Å². The summed E-state index contributed by atoms with van der Waals surface area (Å²) in [6, 6.07) is 13.0. The summed E-state index contributed by atoms with van der Waals surface area (Å²) in [6.45, 7) is 4.95. The molecule has 8 heteroatoms. The van der Waals surface area contributed by atoms with E-state index < -0.39 is 6.04 Å². The standard InChI is InChI=1S/C26H32ClN3O4/c1-4-17(2)28-25(32)23(29-24(31)20-6-5-7-22(16-20)34-3)18-12-14-30(15-13-18)26(33)19-8-10-21(27)11-9-19/h5-11,16-18,23H,4,12-15H2,1-3H3,(H,28,32)(H,29,31). The Morgan fingerprint density at radius 3 is 2.35 bits per heavy atom. The minimum absolute atomic E-state index is 0.00436. The summed E-state index contributed by atoms with van der Waals surface area (Å²) in [5.41, 5.74) is 1.01. The summed E-state index contributed by atoms with van der Waals surface area (Å²) < 4.78 is 5.21. The van der Waals surface area contributed by atoms with Gasteiger partial charge in [0.15, 0.2) is 0 Å². The van der Waals surface area contributed by atoms with E-state index in [0.29, 0.717) is 47.8 Å². The highest BCUT2D eigenvalue weighted by atomic mass is 35.5. The van der Waals surface area contributed by atoms with Crippen LogP contribution in [0.3, 0.4) is 0 Å². The second-order valence-electron chi connectivity index (χ2n) is 8.64. The second-order valence-corrected chi connectivity index (χ2v) is 9.07. The minimum Gasteiger partial charge on any atom is -0.497 e. The second kappa shape index (κ2) is 11.9. The van der Waals surface area contributed by atoms with Crippen LogP contribution in [0, 0.1) is 5.92 Å². The summed E-state index contributed by atoms with van der Waals surface area (Å²) in [5.74, 6) is -0.109. The van der Waals surface area contributed by atoms with Crippen LogP contribution in [-0.4, -0.2) is 54.9 Å². The molecule has 0 bridgehead atoms. The number of carbonyl (C=O) groups excluding carboxylic acids is 3. The SMILES string of the molecule is CCC(C)NC(=O)C(NC(=O)c1cccc(OC)c1)C1CCN(C(=O)c2ccc(Cl)cc2)CC1. The number of piperidine rings is 1. The molecule has 2 atom stereocenters. The average Bonchev–Trinajstić information content (AvgIpc) is 2.87. The fourth-order valence-electron chi connectivity index (χ4n) is 4.03. The van der Waals surface area contributed by atoms with Crippen LogP contribution in [0.2, 0.25) is 5.02 Å². The van der Waals surface area contributed by atoms with Crippen molar-refractivity contribution in [3.63, 3.8) is 0 Å². The van der Waals surface area contributed by atoms with Gasteiger partial charge in [0.1, 0.15) is 11.8 Å². The first-order valence-electron chi connectivity index (χ1n) is 11.6. The number of benzene rings is 2. The average molecular weight is 486 g/mol. The van der Waals surface area contributed by atoms with Gasteiger partial charge in [-0.1, -0.05) is 24.6 Å². The third-order valence-electron chi connectivity index (χ3n) is 6.29. The molecule has 1 aliphatic heterocycles. The summed E-state index contributed by atoms with van der Waals surface area (Å²) >= 11 is 5.93. The Labute approximate surface area is 205 Å². The Kier molecular flexibility index (Phi) is 8.93. The van der Waals surface area contributed by atoms with Crippen LogP contribution in [0.4, 0.5) is 0 Å². The lowest BCUT2D eigenvalue weighted by Crippen LogP contribution is -2.55. The van der Waals surface area contributed by atoms with Gasteiger partial charge in [-0.3, -0.25) is 14.4 Å². The lowest BCUT2D eigenvalue weighted by atomic mass is 9.88. The minimum atomic E-state index is -0.694. The van der Waals surface area contributed by atoms with E-state index in [9.17, 15) is 14.4 Å². The molecule has 2 aromatic rings. The number of methoxy groups -OCH3 is 1. The molecule has 1 fully saturated rings. The smallest absolute Gasteiger partial charge is 0.253 e. The summed E-state index contributed by atoms with van der Waals surface area (Å²) in [6.07, 6.45) is 2.00. The number of nitrogens with one attached hydrogen (secondary N) is 2. The van der Waals surface area contributed by atoms with E-state index >= 15 is 0 Å². The Morgan fingerprint density at radius 2 is 1.74 bits per heavy atom. The first-order chi connectivity index (χ1) is 16.3. The fraction of sp³-hybridized carbons (Fsp3) is 0.423. The van der Waals surface area contributed by atoms with Crippen molar-refractivity contribution in [3.8, 4) is 5.75 Å². The zero-order valence-electron chi connectivity index (χ0n) is 19.8. The van der Waals surface area contributed by atoms with Gasteiger partial charge in [0.2, 0.25) is 5.91 Å². The van der Waals surface area contributed by atoms with E-state index in [1.165, 1.54) is 0 Å². The number of nitrogens with zero attached hydrogens (tertiary/aromatic N) is 1. The molecular formula is C26H32ClN3O4. The number of rotatable bonds is 8. The maximum Gasteiger partial charge on any atom is 0.253 e. The quantitative estimate of drug-likeness (QED) is 0.593. The normalized spacial score (nSPS) is 15.8. The molecule has 0 aromatic heterocycles. The lowest BCUT2D eigenvalue weighted by Gasteiger charge is -2.36. The largest absolute Gasteiger partial charge is 0.497 e. The molecule has 2 aromatic carbocycles. The molecule has 2 N–H and O–H groups in total. The molecule has 3 rings (SSSR count). The van der Waals surface area contributed by atoms with E-state index in [2.05, 4.69) is 10.6 Å². The molecule has 3 amide bonds. The van der Waals surface area contributed by atoms with Gasteiger partial charge in [-0.25, -0.2) is 0 Å². The topological polar surface area (TPSA) is 87.7 Å². The van der Waals surface area contributed by atoms with Crippen molar-refractivity contribution in [3.05, 3.63) is 64.7 Å². The third-order valence-corrected chi connectivity index (χ3v) is 6.54. The molecule has 0 aliphatic carbocycles. The van der Waals surface area contributed by atoms with Crippen molar-refractivity contribution in [2.75, 3.05) is 20.2 Å². The molecule has 34 heavy (non-hydrogen) atoms. The molecule has 0 saturated carbocycles. The van der Waals surface area contributed by atoms with Gasteiger partial charge in [-0.05, 0) is 74.6 Å². The molecule has 2 unspecified atom stereocenters. The van der Waals surface area contributed by atoms with Crippen LogP contribution in [0.5, 0.6) is 5.75 Å². The number of carbonyl (C=O) groups is 3. The summed E-state index contributed by atoms with van der Waals surface area (Å²) in [7, 11) is 1.54. The highest BCUT2D eigenvalue weighted by Gasteiger charge is 2.34. The monoisotopic (exact) mass is 485 g/mol. The maximum absolute atomic E-state index is 13.1. The lowest BCUT2D eigenvalue weighted by molar-refractivity contribution is -0.125. The van der Waals surface area contributed by atoms with Gasteiger partial charge in [0.25, 0.3) is 11.8 Å². The molecule has 1 aliphatic rings. The highest BCUT2D eigenvalue weighted by Crippen LogP contribution is 2.24. The predicted molar refractivity (Wildman–Crippen MR) is 132 cm³/mol. The van der Waals surface area contributed by atoms with Gasteiger partial charge in [-0.15, -0.1) is 0 Å². The molecule has 0 spiro atoms. The number of halogens is 1. The van der Waals surface area contributed by atoms with Gasteiger partial charge >= 0.3 is 0 Å². The van der Waals surface area contributed by atoms with Crippen molar-refractivity contribution in [1.82, 2.24) is 15.5 Å².